The zero-order valence-electron chi connectivity index (χ0n) is 14.2. The Kier molecular flexibility index (Phi) is 5.46. The van der Waals surface area contributed by atoms with Crippen LogP contribution >= 0.6 is 0 Å². The SMILES string of the molecule is O=C(O)[C@@H](O)COC(c1ccccc1)(c1ccccc1)c1ccccc1. The monoisotopic (exact) mass is 348 g/mol. The summed E-state index contributed by atoms with van der Waals surface area (Å²) in [4.78, 5) is 11.1. The molecule has 0 unspecified atom stereocenters. The smallest absolute Gasteiger partial charge is 0.334 e. The number of hydrogen-bond donors (Lipinski definition) is 2. The number of aliphatic carboxylic acids is 1. The van der Waals surface area contributed by atoms with Crippen LogP contribution in [0.3, 0.4) is 0 Å². The summed E-state index contributed by atoms with van der Waals surface area (Å²) in [5.74, 6) is -1.31. The van der Waals surface area contributed by atoms with Gasteiger partial charge in [-0.2, -0.15) is 0 Å². The van der Waals surface area contributed by atoms with Crippen LogP contribution in [-0.4, -0.2) is 28.9 Å². The summed E-state index contributed by atoms with van der Waals surface area (Å²) in [6.07, 6.45) is -1.61. The first-order chi connectivity index (χ1) is 12.6. The van der Waals surface area contributed by atoms with Gasteiger partial charge in [-0.15, -0.1) is 0 Å². The van der Waals surface area contributed by atoms with E-state index in [0.717, 1.165) is 16.7 Å². The number of carbonyl (C=O) groups is 1. The molecule has 132 valence electrons. The second kappa shape index (κ2) is 7.95. The van der Waals surface area contributed by atoms with Crippen molar-refractivity contribution in [3.8, 4) is 0 Å². The Morgan fingerprint density at radius 1 is 0.769 bits per heavy atom. The van der Waals surface area contributed by atoms with Gasteiger partial charge in [-0.25, -0.2) is 4.79 Å². The highest BCUT2D eigenvalue weighted by Crippen LogP contribution is 2.40. The van der Waals surface area contributed by atoms with Crippen LogP contribution < -0.4 is 0 Å². The van der Waals surface area contributed by atoms with Crippen molar-refractivity contribution in [3.63, 3.8) is 0 Å². The molecular formula is C22H20O4. The fourth-order valence-electron chi connectivity index (χ4n) is 3.04. The predicted molar refractivity (Wildman–Crippen MR) is 98.8 cm³/mol. The van der Waals surface area contributed by atoms with Crippen molar-refractivity contribution in [2.45, 2.75) is 11.7 Å². The Bertz CT molecular complexity index is 735. The van der Waals surface area contributed by atoms with Crippen LogP contribution in [0.15, 0.2) is 91.0 Å². The summed E-state index contributed by atoms with van der Waals surface area (Å²) in [5.41, 5.74) is 1.54. The molecule has 3 aromatic rings. The van der Waals surface area contributed by atoms with Gasteiger partial charge in [0.05, 0.1) is 6.61 Å². The number of hydrogen-bond acceptors (Lipinski definition) is 3. The number of ether oxygens (including phenoxy) is 1. The molecule has 0 fully saturated rings. The second-order valence-corrected chi connectivity index (χ2v) is 5.94. The molecule has 3 rings (SSSR count). The van der Waals surface area contributed by atoms with E-state index in [-0.39, 0.29) is 6.61 Å². The van der Waals surface area contributed by atoms with Crippen molar-refractivity contribution < 1.29 is 19.7 Å². The molecule has 0 saturated carbocycles. The van der Waals surface area contributed by atoms with Crippen molar-refractivity contribution in [3.05, 3.63) is 108 Å². The van der Waals surface area contributed by atoms with Gasteiger partial charge in [0.2, 0.25) is 0 Å². The standard InChI is InChI=1S/C22H20O4/c23-20(21(24)25)16-26-22(17-10-4-1-5-11-17,18-12-6-2-7-13-18)19-14-8-3-9-15-19/h1-15,20,23H,16H2,(H,24,25)/t20-/m0/s1. The molecule has 0 amide bonds. The minimum absolute atomic E-state index is 0.339. The molecule has 0 aromatic heterocycles. The van der Waals surface area contributed by atoms with Gasteiger partial charge in [0, 0.05) is 0 Å². The van der Waals surface area contributed by atoms with Crippen molar-refractivity contribution in [1.29, 1.82) is 0 Å². The van der Waals surface area contributed by atoms with Crippen molar-refractivity contribution in [2.75, 3.05) is 6.61 Å². The van der Waals surface area contributed by atoms with Crippen LogP contribution in [0.2, 0.25) is 0 Å². The fourth-order valence-corrected chi connectivity index (χ4v) is 3.04. The van der Waals surface area contributed by atoms with E-state index in [9.17, 15) is 9.90 Å². The van der Waals surface area contributed by atoms with E-state index >= 15 is 0 Å². The van der Waals surface area contributed by atoms with Crippen LogP contribution in [-0.2, 0) is 15.1 Å². The van der Waals surface area contributed by atoms with Gasteiger partial charge in [0.1, 0.15) is 5.60 Å². The number of aliphatic hydroxyl groups is 1. The van der Waals surface area contributed by atoms with Crippen molar-refractivity contribution in [2.24, 2.45) is 0 Å². The zero-order valence-corrected chi connectivity index (χ0v) is 14.2. The van der Waals surface area contributed by atoms with Gasteiger partial charge >= 0.3 is 5.97 Å². The highest BCUT2D eigenvalue weighted by Gasteiger charge is 2.38. The molecule has 0 bridgehead atoms. The van der Waals surface area contributed by atoms with Gasteiger partial charge < -0.3 is 14.9 Å². The highest BCUT2D eigenvalue weighted by molar-refractivity contribution is 5.72. The maximum absolute atomic E-state index is 11.1. The second-order valence-electron chi connectivity index (χ2n) is 5.94. The van der Waals surface area contributed by atoms with Gasteiger partial charge in [-0.1, -0.05) is 91.0 Å². The van der Waals surface area contributed by atoms with Crippen LogP contribution in [0.4, 0.5) is 0 Å². The molecule has 4 heteroatoms. The van der Waals surface area contributed by atoms with E-state index in [0.29, 0.717) is 0 Å². The summed E-state index contributed by atoms with van der Waals surface area (Å²) >= 11 is 0. The number of carboxylic acid groups (broad SMARTS) is 1. The molecule has 4 nitrogen and oxygen atoms in total. The zero-order chi connectivity index (χ0) is 18.4. The lowest BCUT2D eigenvalue weighted by molar-refractivity contribution is -0.152. The molecule has 0 spiro atoms. The summed E-state index contributed by atoms with van der Waals surface area (Å²) in [6, 6.07) is 28.8. The normalized spacial score (nSPS) is 12.5. The summed E-state index contributed by atoms with van der Waals surface area (Å²) in [6.45, 7) is -0.339. The molecule has 0 aliphatic rings. The largest absolute Gasteiger partial charge is 0.479 e. The molecule has 26 heavy (non-hydrogen) atoms. The van der Waals surface area contributed by atoms with Gasteiger partial charge in [-0.3, -0.25) is 0 Å². The van der Waals surface area contributed by atoms with E-state index < -0.39 is 17.7 Å². The van der Waals surface area contributed by atoms with Gasteiger partial charge in [-0.05, 0) is 16.7 Å². The Morgan fingerprint density at radius 3 is 1.42 bits per heavy atom. The summed E-state index contributed by atoms with van der Waals surface area (Å²) < 4.78 is 6.18. The topological polar surface area (TPSA) is 66.8 Å². The van der Waals surface area contributed by atoms with E-state index in [1.165, 1.54) is 0 Å². The minimum atomic E-state index is -1.61. The number of benzene rings is 3. The fraction of sp³-hybridized carbons (Fsp3) is 0.136. The quantitative estimate of drug-likeness (QED) is 0.642. The van der Waals surface area contributed by atoms with E-state index in [1.54, 1.807) is 0 Å². The first-order valence-electron chi connectivity index (χ1n) is 8.36. The first-order valence-corrected chi connectivity index (χ1v) is 8.36. The molecule has 0 radical (unpaired) electrons. The lowest BCUT2D eigenvalue weighted by atomic mass is 9.80. The molecule has 1 atom stereocenters. The number of aliphatic hydroxyl groups excluding tert-OH is 1. The van der Waals surface area contributed by atoms with Crippen LogP contribution in [0, 0.1) is 0 Å². The lowest BCUT2D eigenvalue weighted by Crippen LogP contribution is -2.37. The third kappa shape index (κ3) is 3.52. The first kappa shape index (κ1) is 17.9. The lowest BCUT2D eigenvalue weighted by Gasteiger charge is -2.36. The van der Waals surface area contributed by atoms with E-state index in [2.05, 4.69) is 0 Å². The third-order valence-corrected chi connectivity index (χ3v) is 4.28. The molecule has 0 aliphatic carbocycles. The van der Waals surface area contributed by atoms with E-state index in [1.807, 2.05) is 91.0 Å². The molecule has 0 saturated heterocycles. The van der Waals surface area contributed by atoms with Crippen molar-refractivity contribution >= 4 is 5.97 Å². The Morgan fingerprint density at radius 2 is 1.12 bits per heavy atom. The van der Waals surface area contributed by atoms with Gasteiger partial charge in [0.15, 0.2) is 6.10 Å². The minimum Gasteiger partial charge on any atom is -0.479 e. The Hall–Kier alpha value is -2.95. The van der Waals surface area contributed by atoms with Crippen LogP contribution in [0.25, 0.3) is 0 Å². The molecule has 3 aromatic carbocycles. The Balaban J connectivity index is 2.19. The average molecular weight is 348 g/mol. The predicted octanol–water partition coefficient (Wildman–Crippen LogP) is 3.44. The highest BCUT2D eigenvalue weighted by atomic mass is 16.5. The molecule has 2 N–H and O–H groups in total. The maximum Gasteiger partial charge on any atom is 0.334 e. The van der Waals surface area contributed by atoms with E-state index in [4.69, 9.17) is 9.84 Å². The average Bonchev–Trinajstić information content (AvgIpc) is 2.70. The molecular weight excluding hydrogens is 328 g/mol. The molecule has 0 aliphatic heterocycles. The van der Waals surface area contributed by atoms with Gasteiger partial charge in [0.25, 0.3) is 0 Å². The third-order valence-electron chi connectivity index (χ3n) is 4.28. The summed E-state index contributed by atoms with van der Waals surface area (Å²) in [5, 5.41) is 18.9. The maximum atomic E-state index is 11.1. The van der Waals surface area contributed by atoms with Crippen LogP contribution in [0.1, 0.15) is 16.7 Å². The number of rotatable bonds is 7. The Labute approximate surface area is 152 Å². The van der Waals surface area contributed by atoms with Crippen molar-refractivity contribution in [1.82, 2.24) is 0 Å². The summed E-state index contributed by atoms with van der Waals surface area (Å²) in [7, 11) is 0. The molecule has 0 heterocycles. The van der Waals surface area contributed by atoms with Crippen LogP contribution in [0.5, 0.6) is 0 Å². The number of carboxylic acids is 1.